The molecule has 0 aromatic heterocycles. The maximum absolute atomic E-state index is 11.8. The number of anilines is 1. The maximum Gasteiger partial charge on any atom is 0.341 e. The van der Waals surface area contributed by atoms with Crippen LogP contribution in [0.15, 0.2) is 46.9 Å². The lowest BCUT2D eigenvalue weighted by Crippen LogP contribution is -2.08. The van der Waals surface area contributed by atoms with E-state index in [9.17, 15) is 4.79 Å². The molecule has 2 rings (SSSR count). The van der Waals surface area contributed by atoms with Crippen LogP contribution in [0.1, 0.15) is 15.9 Å². The molecule has 0 spiro atoms. The lowest BCUT2D eigenvalue weighted by Gasteiger charge is -2.13. The van der Waals surface area contributed by atoms with Crippen molar-refractivity contribution in [1.29, 1.82) is 0 Å². The molecule has 104 valence electrons. The number of carbonyl (C=O) groups is 1. The van der Waals surface area contributed by atoms with Crippen LogP contribution >= 0.6 is 15.9 Å². The van der Waals surface area contributed by atoms with Gasteiger partial charge < -0.3 is 15.2 Å². The highest BCUT2D eigenvalue weighted by molar-refractivity contribution is 9.10. The first-order chi connectivity index (χ1) is 9.61. The summed E-state index contributed by atoms with van der Waals surface area (Å²) in [7, 11) is 1.32. The van der Waals surface area contributed by atoms with Crippen molar-refractivity contribution >= 4 is 27.6 Å². The summed E-state index contributed by atoms with van der Waals surface area (Å²) in [5.74, 6) is -0.148. The summed E-state index contributed by atoms with van der Waals surface area (Å²) >= 11 is 3.30. The zero-order valence-electron chi connectivity index (χ0n) is 10.9. The molecule has 0 saturated carbocycles. The smallest absolute Gasteiger partial charge is 0.341 e. The monoisotopic (exact) mass is 335 g/mol. The second-order valence-corrected chi connectivity index (χ2v) is 5.05. The van der Waals surface area contributed by atoms with E-state index in [-0.39, 0.29) is 0 Å². The van der Waals surface area contributed by atoms with Crippen LogP contribution in [0.5, 0.6) is 5.75 Å². The largest absolute Gasteiger partial charge is 0.486 e. The Balaban J connectivity index is 2.28. The molecule has 2 N–H and O–H groups in total. The van der Waals surface area contributed by atoms with Crippen LogP contribution in [0, 0.1) is 0 Å². The number of benzene rings is 2. The van der Waals surface area contributed by atoms with Crippen molar-refractivity contribution in [1.82, 2.24) is 0 Å². The van der Waals surface area contributed by atoms with Gasteiger partial charge in [0.2, 0.25) is 0 Å². The molecule has 0 aliphatic rings. The number of esters is 1. The molecule has 0 fully saturated rings. The SMILES string of the molecule is COC(=O)c1cc(Br)cc(N)c1OCc1ccccc1. The molecule has 0 unspecified atom stereocenters. The van der Waals surface area contributed by atoms with Crippen LogP contribution in [0.4, 0.5) is 5.69 Å². The average Bonchev–Trinajstić information content (AvgIpc) is 2.46. The minimum atomic E-state index is -0.485. The molecule has 2 aromatic rings. The van der Waals surface area contributed by atoms with Gasteiger partial charge in [0, 0.05) is 4.47 Å². The Morgan fingerprint density at radius 1 is 1.25 bits per heavy atom. The summed E-state index contributed by atoms with van der Waals surface area (Å²) in [6.45, 7) is 0.330. The molecule has 0 saturated heterocycles. The quantitative estimate of drug-likeness (QED) is 0.687. The predicted molar refractivity (Wildman–Crippen MR) is 80.7 cm³/mol. The minimum Gasteiger partial charge on any atom is -0.486 e. The molecule has 20 heavy (non-hydrogen) atoms. The number of hydrogen-bond donors (Lipinski definition) is 1. The number of hydrogen-bond acceptors (Lipinski definition) is 4. The second kappa shape index (κ2) is 6.43. The van der Waals surface area contributed by atoms with Crippen LogP contribution in [-0.4, -0.2) is 13.1 Å². The Bertz CT molecular complexity index is 614. The fourth-order valence-corrected chi connectivity index (χ4v) is 2.24. The molecule has 2 aromatic carbocycles. The molecule has 0 aliphatic heterocycles. The molecule has 4 nitrogen and oxygen atoms in total. The highest BCUT2D eigenvalue weighted by atomic mass is 79.9. The molecular formula is C15H14BrNO3. The zero-order chi connectivity index (χ0) is 14.5. The average molecular weight is 336 g/mol. The molecule has 0 amide bonds. The highest BCUT2D eigenvalue weighted by Crippen LogP contribution is 2.31. The highest BCUT2D eigenvalue weighted by Gasteiger charge is 2.17. The second-order valence-electron chi connectivity index (χ2n) is 4.14. The summed E-state index contributed by atoms with van der Waals surface area (Å²) in [4.78, 5) is 11.8. The summed E-state index contributed by atoms with van der Waals surface area (Å²) < 4.78 is 11.1. The summed E-state index contributed by atoms with van der Waals surface area (Å²) in [6, 6.07) is 13.0. The number of halogens is 1. The fraction of sp³-hybridized carbons (Fsp3) is 0.133. The van der Waals surface area contributed by atoms with Gasteiger partial charge in [0.05, 0.1) is 12.8 Å². The van der Waals surface area contributed by atoms with Gasteiger partial charge in [-0.3, -0.25) is 0 Å². The Morgan fingerprint density at radius 2 is 1.95 bits per heavy atom. The third kappa shape index (κ3) is 3.30. The molecule has 0 radical (unpaired) electrons. The number of nitrogens with two attached hydrogens (primary N) is 1. The van der Waals surface area contributed by atoms with Gasteiger partial charge >= 0.3 is 5.97 Å². The van der Waals surface area contributed by atoms with Gasteiger partial charge in [-0.05, 0) is 17.7 Å². The third-order valence-corrected chi connectivity index (χ3v) is 3.17. The molecule has 0 heterocycles. The number of methoxy groups -OCH3 is 1. The van der Waals surface area contributed by atoms with Crippen molar-refractivity contribution in [3.63, 3.8) is 0 Å². The van der Waals surface area contributed by atoms with E-state index >= 15 is 0 Å². The van der Waals surface area contributed by atoms with Crippen molar-refractivity contribution in [2.45, 2.75) is 6.61 Å². The van der Waals surface area contributed by atoms with Crippen molar-refractivity contribution in [3.05, 3.63) is 58.1 Å². The van der Waals surface area contributed by atoms with E-state index in [0.717, 1.165) is 5.56 Å². The Kier molecular flexibility index (Phi) is 4.63. The lowest BCUT2D eigenvalue weighted by molar-refractivity contribution is 0.0595. The van der Waals surface area contributed by atoms with Crippen LogP contribution in [0.25, 0.3) is 0 Å². The van der Waals surface area contributed by atoms with Gasteiger partial charge in [-0.15, -0.1) is 0 Å². The van der Waals surface area contributed by atoms with Gasteiger partial charge in [-0.2, -0.15) is 0 Å². The van der Waals surface area contributed by atoms with E-state index in [1.165, 1.54) is 7.11 Å². The van der Waals surface area contributed by atoms with E-state index in [1.54, 1.807) is 12.1 Å². The van der Waals surface area contributed by atoms with Gasteiger partial charge in [0.1, 0.15) is 12.2 Å². The van der Waals surface area contributed by atoms with E-state index in [0.29, 0.717) is 28.1 Å². The number of carbonyl (C=O) groups excluding carboxylic acids is 1. The third-order valence-electron chi connectivity index (χ3n) is 2.71. The molecule has 5 heteroatoms. The van der Waals surface area contributed by atoms with Crippen molar-refractivity contribution in [2.75, 3.05) is 12.8 Å². The van der Waals surface area contributed by atoms with Crippen LogP contribution in [0.2, 0.25) is 0 Å². The summed E-state index contributed by atoms with van der Waals surface area (Å²) in [6.07, 6.45) is 0. The number of rotatable bonds is 4. The molecule has 0 aliphatic carbocycles. The predicted octanol–water partition coefficient (Wildman–Crippen LogP) is 3.40. The zero-order valence-corrected chi connectivity index (χ0v) is 12.5. The first kappa shape index (κ1) is 14.4. The van der Waals surface area contributed by atoms with E-state index < -0.39 is 5.97 Å². The molecule has 0 bridgehead atoms. The van der Waals surface area contributed by atoms with E-state index in [2.05, 4.69) is 15.9 Å². The summed E-state index contributed by atoms with van der Waals surface area (Å²) in [5.41, 5.74) is 7.59. The molecular weight excluding hydrogens is 322 g/mol. The van der Waals surface area contributed by atoms with Crippen LogP contribution < -0.4 is 10.5 Å². The van der Waals surface area contributed by atoms with Gasteiger partial charge in [0.15, 0.2) is 5.75 Å². The van der Waals surface area contributed by atoms with Crippen molar-refractivity contribution in [3.8, 4) is 5.75 Å². The van der Waals surface area contributed by atoms with Crippen LogP contribution in [0.3, 0.4) is 0 Å². The first-order valence-electron chi connectivity index (χ1n) is 5.96. The Labute approximate surface area is 125 Å². The maximum atomic E-state index is 11.8. The number of ether oxygens (including phenoxy) is 2. The number of nitrogen functional groups attached to an aromatic ring is 1. The minimum absolute atomic E-state index is 0.301. The normalized spacial score (nSPS) is 10.1. The fourth-order valence-electron chi connectivity index (χ4n) is 1.77. The lowest BCUT2D eigenvalue weighted by atomic mass is 10.1. The van der Waals surface area contributed by atoms with Gasteiger partial charge in [-0.25, -0.2) is 4.79 Å². The van der Waals surface area contributed by atoms with Crippen LogP contribution in [-0.2, 0) is 11.3 Å². The Hall–Kier alpha value is -2.01. The topological polar surface area (TPSA) is 61.5 Å². The van der Waals surface area contributed by atoms with E-state index in [4.69, 9.17) is 15.2 Å². The summed E-state index contributed by atoms with van der Waals surface area (Å²) in [5, 5.41) is 0. The Morgan fingerprint density at radius 3 is 2.60 bits per heavy atom. The standard InChI is InChI=1S/C15H14BrNO3/c1-19-15(18)12-7-11(16)8-13(17)14(12)20-9-10-5-3-2-4-6-10/h2-8H,9,17H2,1H3. The molecule has 0 atom stereocenters. The van der Waals surface area contributed by atoms with Crippen molar-refractivity contribution < 1.29 is 14.3 Å². The van der Waals surface area contributed by atoms with Gasteiger partial charge in [-0.1, -0.05) is 46.3 Å². The van der Waals surface area contributed by atoms with Crippen molar-refractivity contribution in [2.24, 2.45) is 0 Å². The van der Waals surface area contributed by atoms with Gasteiger partial charge in [0.25, 0.3) is 0 Å². The van der Waals surface area contributed by atoms with E-state index in [1.807, 2.05) is 30.3 Å². The first-order valence-corrected chi connectivity index (χ1v) is 6.75.